The van der Waals surface area contributed by atoms with E-state index in [0.717, 1.165) is 16.8 Å². The van der Waals surface area contributed by atoms with Gasteiger partial charge in [-0.3, -0.25) is 9.69 Å². The van der Waals surface area contributed by atoms with Crippen molar-refractivity contribution in [1.82, 2.24) is 9.88 Å². The van der Waals surface area contributed by atoms with Crippen LogP contribution in [0.25, 0.3) is 10.2 Å². The quantitative estimate of drug-likeness (QED) is 0.669. The normalized spacial score (nSPS) is 10.4. The minimum Gasteiger partial charge on any atom is -0.308 e. The first-order chi connectivity index (χ1) is 12.1. The summed E-state index contributed by atoms with van der Waals surface area (Å²) in [6, 6.07) is 16.6. The van der Waals surface area contributed by atoms with Gasteiger partial charge >= 0.3 is 0 Å². The Labute approximate surface area is 162 Å². The van der Waals surface area contributed by atoms with Gasteiger partial charge in [-0.05, 0) is 50.5 Å². The number of nitriles is 1. The van der Waals surface area contributed by atoms with E-state index in [1.54, 1.807) is 29.2 Å². The molecule has 0 aliphatic heterocycles. The summed E-state index contributed by atoms with van der Waals surface area (Å²) in [4.78, 5) is 21.4. The lowest BCUT2D eigenvalue weighted by atomic mass is 10.1. The third-order valence-electron chi connectivity index (χ3n) is 3.79. The summed E-state index contributed by atoms with van der Waals surface area (Å²) < 4.78 is 1.06. The second-order valence-electron chi connectivity index (χ2n) is 5.91. The Hall–Kier alpha value is -2.46. The van der Waals surface area contributed by atoms with Gasteiger partial charge in [0.2, 0.25) is 0 Å². The molecule has 0 unspecified atom stereocenters. The van der Waals surface area contributed by atoms with Gasteiger partial charge in [-0.25, -0.2) is 4.98 Å². The molecular formula is C19H19ClN4OS. The summed E-state index contributed by atoms with van der Waals surface area (Å²) in [7, 11) is 3.95. The van der Waals surface area contributed by atoms with Crippen molar-refractivity contribution in [2.45, 2.75) is 0 Å². The number of rotatable bonds is 5. The first-order valence-electron chi connectivity index (χ1n) is 7.91. The SMILES string of the molecule is CN(C)CCN(C(=O)c1ccc(C#N)cc1)c1nc2ccccc2s1.Cl. The van der Waals surface area contributed by atoms with E-state index in [0.29, 0.717) is 22.8 Å². The third-order valence-corrected chi connectivity index (χ3v) is 4.85. The van der Waals surface area contributed by atoms with Crippen molar-refractivity contribution >= 4 is 45.0 Å². The summed E-state index contributed by atoms with van der Waals surface area (Å²) in [5.74, 6) is -0.106. The maximum atomic E-state index is 13.0. The maximum Gasteiger partial charge on any atom is 0.260 e. The third kappa shape index (κ3) is 4.38. The molecule has 1 heterocycles. The number of thiazole rings is 1. The molecule has 134 valence electrons. The van der Waals surface area contributed by atoms with Crippen LogP contribution in [0.1, 0.15) is 15.9 Å². The summed E-state index contributed by atoms with van der Waals surface area (Å²) in [6.45, 7) is 1.28. The zero-order valence-corrected chi connectivity index (χ0v) is 16.2. The second kappa shape index (κ2) is 8.77. The molecule has 0 radical (unpaired) electrons. The highest BCUT2D eigenvalue weighted by atomic mass is 35.5. The number of nitrogens with zero attached hydrogens (tertiary/aromatic N) is 4. The molecule has 3 aromatic rings. The van der Waals surface area contributed by atoms with Gasteiger partial charge in [0.25, 0.3) is 5.91 Å². The van der Waals surface area contributed by atoms with Gasteiger partial charge in [-0.15, -0.1) is 12.4 Å². The molecule has 0 fully saturated rings. The number of anilines is 1. The Morgan fingerprint density at radius 1 is 1.12 bits per heavy atom. The van der Waals surface area contributed by atoms with Gasteiger partial charge < -0.3 is 4.90 Å². The lowest BCUT2D eigenvalue weighted by Crippen LogP contribution is -2.36. The van der Waals surface area contributed by atoms with Crippen LogP contribution < -0.4 is 4.90 Å². The van der Waals surface area contributed by atoms with Crippen LogP contribution in [0.4, 0.5) is 5.13 Å². The van der Waals surface area contributed by atoms with Crippen LogP contribution in [0.2, 0.25) is 0 Å². The minimum absolute atomic E-state index is 0. The van der Waals surface area contributed by atoms with E-state index in [1.165, 1.54) is 11.3 Å². The highest BCUT2D eigenvalue weighted by molar-refractivity contribution is 7.22. The Bertz CT molecular complexity index is 898. The molecule has 0 bridgehead atoms. The van der Waals surface area contributed by atoms with Crippen LogP contribution >= 0.6 is 23.7 Å². The van der Waals surface area contributed by atoms with Crippen molar-refractivity contribution < 1.29 is 4.79 Å². The van der Waals surface area contributed by atoms with Crippen LogP contribution in [0.15, 0.2) is 48.5 Å². The Kier molecular flexibility index (Phi) is 6.70. The van der Waals surface area contributed by atoms with Gasteiger partial charge in [-0.2, -0.15) is 5.26 Å². The van der Waals surface area contributed by atoms with Crippen LogP contribution in [0, 0.1) is 11.3 Å². The average molecular weight is 387 g/mol. The standard InChI is InChI=1S/C19H18N4OS.ClH/c1-22(2)11-12-23(18(24)15-9-7-14(13-20)8-10-15)19-21-16-5-3-4-6-17(16)25-19;/h3-10H,11-12H2,1-2H3;1H. The van der Waals surface area contributed by atoms with Crippen molar-refractivity contribution in [1.29, 1.82) is 5.26 Å². The number of halogens is 1. The highest BCUT2D eigenvalue weighted by Gasteiger charge is 2.21. The molecule has 0 aliphatic carbocycles. The molecule has 2 aromatic carbocycles. The van der Waals surface area contributed by atoms with Crippen molar-refractivity contribution in [2.24, 2.45) is 0 Å². The van der Waals surface area contributed by atoms with Crippen molar-refractivity contribution in [3.8, 4) is 6.07 Å². The fraction of sp³-hybridized carbons (Fsp3) is 0.211. The van der Waals surface area contributed by atoms with Crippen molar-refractivity contribution in [3.63, 3.8) is 0 Å². The fourth-order valence-electron chi connectivity index (χ4n) is 2.40. The lowest BCUT2D eigenvalue weighted by molar-refractivity contribution is 0.0985. The van der Waals surface area contributed by atoms with Gasteiger partial charge in [0.1, 0.15) is 0 Å². The Morgan fingerprint density at radius 2 is 1.81 bits per heavy atom. The molecule has 0 spiro atoms. The fourth-order valence-corrected chi connectivity index (χ4v) is 3.39. The molecular weight excluding hydrogens is 368 g/mol. The minimum atomic E-state index is -0.106. The van der Waals surface area contributed by atoms with Crippen LogP contribution in [0.5, 0.6) is 0 Å². The highest BCUT2D eigenvalue weighted by Crippen LogP contribution is 2.29. The number of benzene rings is 2. The second-order valence-corrected chi connectivity index (χ2v) is 6.92. The molecule has 0 saturated heterocycles. The lowest BCUT2D eigenvalue weighted by Gasteiger charge is -2.22. The van der Waals surface area contributed by atoms with Crippen LogP contribution in [0.3, 0.4) is 0 Å². The van der Waals surface area contributed by atoms with Crippen LogP contribution in [-0.4, -0.2) is 43.0 Å². The molecule has 3 rings (SSSR count). The molecule has 0 N–H and O–H groups in total. The molecule has 26 heavy (non-hydrogen) atoms. The first kappa shape index (κ1) is 19.9. The molecule has 0 atom stereocenters. The number of carbonyl (C=O) groups excluding carboxylic acids is 1. The number of para-hydroxylation sites is 1. The largest absolute Gasteiger partial charge is 0.308 e. The predicted molar refractivity (Wildman–Crippen MR) is 108 cm³/mol. The maximum absolute atomic E-state index is 13.0. The molecule has 0 aliphatic rings. The first-order valence-corrected chi connectivity index (χ1v) is 8.72. The number of fused-ring (bicyclic) bond motifs is 1. The zero-order valence-electron chi connectivity index (χ0n) is 14.5. The molecule has 5 nitrogen and oxygen atoms in total. The predicted octanol–water partition coefficient (Wildman–Crippen LogP) is 3.80. The van der Waals surface area contributed by atoms with E-state index in [2.05, 4.69) is 11.1 Å². The van der Waals surface area contributed by atoms with E-state index in [-0.39, 0.29) is 18.3 Å². The summed E-state index contributed by atoms with van der Waals surface area (Å²) >= 11 is 1.51. The Morgan fingerprint density at radius 3 is 2.42 bits per heavy atom. The van der Waals surface area contributed by atoms with Gasteiger partial charge in [0, 0.05) is 18.7 Å². The smallest absolute Gasteiger partial charge is 0.260 e. The van der Waals surface area contributed by atoms with Crippen LogP contribution in [-0.2, 0) is 0 Å². The molecule has 1 amide bonds. The van der Waals surface area contributed by atoms with E-state index in [1.807, 2.05) is 43.3 Å². The number of likely N-dealkylation sites (N-methyl/N-ethyl adjacent to an activating group) is 1. The number of aromatic nitrogens is 1. The Balaban J connectivity index is 0.00000243. The molecule has 1 aromatic heterocycles. The van der Waals surface area contributed by atoms with Gasteiger partial charge in [0.15, 0.2) is 5.13 Å². The monoisotopic (exact) mass is 386 g/mol. The number of hydrogen-bond donors (Lipinski definition) is 0. The van der Waals surface area contributed by atoms with Gasteiger partial charge in [0.05, 0.1) is 21.8 Å². The van der Waals surface area contributed by atoms with E-state index in [4.69, 9.17) is 5.26 Å². The number of hydrogen-bond acceptors (Lipinski definition) is 5. The van der Waals surface area contributed by atoms with Crippen molar-refractivity contribution in [3.05, 3.63) is 59.7 Å². The summed E-state index contributed by atoms with van der Waals surface area (Å²) in [6.07, 6.45) is 0. The molecule has 7 heteroatoms. The average Bonchev–Trinajstić information content (AvgIpc) is 3.05. The van der Waals surface area contributed by atoms with E-state index in [9.17, 15) is 4.79 Å². The number of carbonyl (C=O) groups is 1. The van der Waals surface area contributed by atoms with E-state index < -0.39 is 0 Å². The van der Waals surface area contributed by atoms with Gasteiger partial charge in [-0.1, -0.05) is 23.5 Å². The zero-order chi connectivity index (χ0) is 17.8. The topological polar surface area (TPSA) is 60.2 Å². The molecule has 0 saturated carbocycles. The summed E-state index contributed by atoms with van der Waals surface area (Å²) in [5.41, 5.74) is 1.98. The summed E-state index contributed by atoms with van der Waals surface area (Å²) in [5, 5.41) is 9.61. The number of amides is 1. The van der Waals surface area contributed by atoms with Crippen molar-refractivity contribution in [2.75, 3.05) is 32.1 Å². The van der Waals surface area contributed by atoms with E-state index >= 15 is 0 Å².